The van der Waals surface area contributed by atoms with E-state index in [-0.39, 0.29) is 0 Å². The molecule has 0 spiro atoms. The summed E-state index contributed by atoms with van der Waals surface area (Å²) in [4.78, 5) is 0. The van der Waals surface area contributed by atoms with Crippen LogP contribution in [0.5, 0.6) is 0 Å². The second-order valence-corrected chi connectivity index (χ2v) is 11.0. The largest absolute Gasteiger partial charge is 0.326 e. The van der Waals surface area contributed by atoms with Crippen LogP contribution in [-0.2, 0) is 11.1 Å². The molecule has 0 bridgehead atoms. The lowest BCUT2D eigenvalue weighted by Gasteiger charge is -2.28. The van der Waals surface area contributed by atoms with Gasteiger partial charge >= 0.3 is 0 Å². The van der Waals surface area contributed by atoms with Crippen molar-refractivity contribution in [2.24, 2.45) is 17.6 Å². The van der Waals surface area contributed by atoms with Crippen LogP contribution in [0.3, 0.4) is 0 Å². The fraction of sp³-hybridized carbons (Fsp3) is 0.739. The second-order valence-electron chi connectivity index (χ2n) is 7.96. The fourth-order valence-electron chi connectivity index (χ4n) is 3.86. The third-order valence-corrected chi connectivity index (χ3v) is 9.29. The molecule has 0 aliphatic carbocycles. The van der Waals surface area contributed by atoms with Gasteiger partial charge in [0.1, 0.15) is 7.14 Å². The Morgan fingerprint density at radius 2 is 1.31 bits per heavy atom. The average Bonchev–Trinajstić information content (AvgIpc) is 2.68. The maximum Gasteiger partial charge on any atom is 0.116 e. The van der Waals surface area contributed by atoms with Crippen molar-refractivity contribution in [3.8, 4) is 0 Å². The third-order valence-electron chi connectivity index (χ3n) is 5.84. The topological polar surface area (TPSA) is 43.1 Å². The molecule has 150 valence electrons. The van der Waals surface area contributed by atoms with E-state index in [0.717, 1.165) is 36.0 Å². The number of hydrogen-bond acceptors (Lipinski definition) is 2. The Morgan fingerprint density at radius 3 is 1.65 bits per heavy atom. The highest BCUT2D eigenvalue weighted by atomic mass is 31.2. The summed E-state index contributed by atoms with van der Waals surface area (Å²) in [5.74, 6) is 1.16. The molecule has 0 aliphatic heterocycles. The summed E-state index contributed by atoms with van der Waals surface area (Å²) in [5, 5.41) is 1.08. The Bertz CT molecular complexity index is 504. The average molecular weight is 380 g/mol. The molecule has 2 N–H and O–H groups in total. The predicted molar refractivity (Wildman–Crippen MR) is 118 cm³/mol. The Hall–Kier alpha value is -0.590. The highest BCUT2D eigenvalue weighted by Crippen LogP contribution is 2.50. The smallest absolute Gasteiger partial charge is 0.116 e. The van der Waals surface area contributed by atoms with Gasteiger partial charge < -0.3 is 10.3 Å². The van der Waals surface area contributed by atoms with Crippen LogP contribution in [0.4, 0.5) is 0 Å². The van der Waals surface area contributed by atoms with Gasteiger partial charge in [-0.15, -0.1) is 0 Å². The molecule has 2 unspecified atom stereocenters. The van der Waals surface area contributed by atoms with Gasteiger partial charge in [0.2, 0.25) is 0 Å². The first kappa shape index (κ1) is 23.4. The van der Waals surface area contributed by atoms with E-state index in [2.05, 4.69) is 52.0 Å². The maximum absolute atomic E-state index is 14.2. The summed E-state index contributed by atoms with van der Waals surface area (Å²) in [5.41, 5.74) is 6.88. The zero-order valence-corrected chi connectivity index (χ0v) is 18.6. The van der Waals surface area contributed by atoms with Crippen molar-refractivity contribution in [1.82, 2.24) is 0 Å². The van der Waals surface area contributed by atoms with Gasteiger partial charge in [0.15, 0.2) is 0 Å². The van der Waals surface area contributed by atoms with Gasteiger partial charge in [-0.05, 0) is 17.4 Å². The summed E-state index contributed by atoms with van der Waals surface area (Å²) < 4.78 is 14.2. The van der Waals surface area contributed by atoms with Crippen molar-refractivity contribution in [3.63, 3.8) is 0 Å². The van der Waals surface area contributed by atoms with Crippen LogP contribution in [0.2, 0.25) is 0 Å². The molecule has 0 radical (unpaired) electrons. The normalized spacial score (nSPS) is 16.2. The van der Waals surface area contributed by atoms with Gasteiger partial charge in [0.05, 0.1) is 0 Å². The van der Waals surface area contributed by atoms with Crippen LogP contribution >= 0.6 is 7.14 Å². The van der Waals surface area contributed by atoms with Crippen LogP contribution in [-0.4, -0.2) is 12.3 Å². The third kappa shape index (κ3) is 7.57. The number of rotatable bonds is 14. The Labute approximate surface area is 162 Å². The van der Waals surface area contributed by atoms with Gasteiger partial charge in [0.25, 0.3) is 0 Å². The number of hydrogen-bond donors (Lipinski definition) is 1. The molecular weight excluding hydrogens is 337 g/mol. The van der Waals surface area contributed by atoms with E-state index in [1.165, 1.54) is 38.5 Å². The van der Waals surface area contributed by atoms with Crippen molar-refractivity contribution < 1.29 is 4.57 Å². The molecular formula is C23H42NOP. The molecule has 1 rings (SSSR count). The van der Waals surface area contributed by atoms with Gasteiger partial charge in [-0.1, -0.05) is 103 Å². The fourth-order valence-corrected chi connectivity index (χ4v) is 7.67. The van der Waals surface area contributed by atoms with Crippen LogP contribution in [0.15, 0.2) is 24.3 Å². The molecule has 0 fully saturated rings. The quantitative estimate of drug-likeness (QED) is 0.372. The lowest BCUT2D eigenvalue weighted by molar-refractivity contribution is 0.466. The van der Waals surface area contributed by atoms with Crippen LogP contribution in [0.25, 0.3) is 0 Å². The summed E-state index contributed by atoms with van der Waals surface area (Å²) in [6.45, 7) is 9.56. The molecule has 0 amide bonds. The molecule has 0 aliphatic rings. The summed E-state index contributed by atoms with van der Waals surface area (Å²) in [6.07, 6.45) is 11.4. The van der Waals surface area contributed by atoms with Gasteiger partial charge in [-0.2, -0.15) is 0 Å². The van der Waals surface area contributed by atoms with Crippen LogP contribution in [0.1, 0.15) is 84.6 Å². The standard InChI is InChI=1S/C23H42NOP/c1-5-9-11-20(7-3)18-26(25,19-21(8-4)12-10-6-2)23-15-13-22(17-24)14-16-23/h13-16,20-21H,5-12,17-19,24H2,1-4H3. The molecule has 0 aromatic heterocycles. The molecule has 3 heteroatoms. The van der Waals surface area contributed by atoms with E-state index in [1.54, 1.807) is 0 Å². The highest BCUT2D eigenvalue weighted by molar-refractivity contribution is 7.71. The monoisotopic (exact) mass is 379 g/mol. The maximum atomic E-state index is 14.2. The SMILES string of the molecule is CCCCC(CC)CP(=O)(CC(CC)CCCC)c1ccc(CN)cc1. The van der Waals surface area contributed by atoms with Crippen LogP contribution in [0, 0.1) is 11.8 Å². The first-order valence-electron chi connectivity index (χ1n) is 10.9. The first-order chi connectivity index (χ1) is 12.5. The van der Waals surface area contributed by atoms with E-state index >= 15 is 0 Å². The molecule has 0 heterocycles. The zero-order valence-electron chi connectivity index (χ0n) is 17.7. The molecule has 0 saturated carbocycles. The van der Waals surface area contributed by atoms with Crippen molar-refractivity contribution in [2.45, 2.75) is 85.6 Å². The minimum Gasteiger partial charge on any atom is -0.326 e. The zero-order chi connectivity index (χ0) is 19.4. The molecule has 26 heavy (non-hydrogen) atoms. The molecule has 1 aromatic carbocycles. The summed E-state index contributed by atoms with van der Waals surface area (Å²) >= 11 is 0. The van der Waals surface area contributed by atoms with Crippen molar-refractivity contribution >= 4 is 12.4 Å². The summed E-state index contributed by atoms with van der Waals surface area (Å²) in [7, 11) is -2.37. The Kier molecular flexibility index (Phi) is 11.5. The Morgan fingerprint density at radius 1 is 0.846 bits per heavy atom. The molecule has 2 nitrogen and oxygen atoms in total. The lowest BCUT2D eigenvalue weighted by Crippen LogP contribution is -2.20. The van der Waals surface area contributed by atoms with E-state index in [1.807, 2.05) is 0 Å². The van der Waals surface area contributed by atoms with E-state index in [0.29, 0.717) is 18.4 Å². The number of benzene rings is 1. The first-order valence-corrected chi connectivity index (χ1v) is 13.0. The number of nitrogens with two attached hydrogens (primary N) is 1. The van der Waals surface area contributed by atoms with Gasteiger partial charge in [-0.3, -0.25) is 0 Å². The van der Waals surface area contributed by atoms with Crippen molar-refractivity contribution in [3.05, 3.63) is 29.8 Å². The van der Waals surface area contributed by atoms with Crippen LogP contribution < -0.4 is 11.0 Å². The number of unbranched alkanes of at least 4 members (excludes halogenated alkanes) is 2. The van der Waals surface area contributed by atoms with Crippen molar-refractivity contribution in [2.75, 3.05) is 12.3 Å². The van der Waals surface area contributed by atoms with Gasteiger partial charge in [-0.25, -0.2) is 0 Å². The minimum absolute atomic E-state index is 0.548. The van der Waals surface area contributed by atoms with E-state index in [9.17, 15) is 4.57 Å². The minimum atomic E-state index is -2.37. The van der Waals surface area contributed by atoms with E-state index < -0.39 is 7.14 Å². The Balaban J connectivity index is 3.06. The molecule has 2 atom stereocenters. The van der Waals surface area contributed by atoms with E-state index in [4.69, 9.17) is 5.73 Å². The second kappa shape index (κ2) is 12.7. The molecule has 1 aromatic rings. The molecule has 0 saturated heterocycles. The van der Waals surface area contributed by atoms with Crippen molar-refractivity contribution in [1.29, 1.82) is 0 Å². The van der Waals surface area contributed by atoms with Gasteiger partial charge in [0, 0.05) is 24.2 Å². The predicted octanol–water partition coefficient (Wildman–Crippen LogP) is 6.57. The summed E-state index contributed by atoms with van der Waals surface area (Å²) in [6, 6.07) is 8.34. The highest BCUT2D eigenvalue weighted by Gasteiger charge is 2.30. The lowest BCUT2D eigenvalue weighted by atomic mass is 10.0.